The van der Waals surface area contributed by atoms with E-state index in [2.05, 4.69) is 97.2 Å². The van der Waals surface area contributed by atoms with Crippen LogP contribution in [0.2, 0.25) is 0 Å². The second-order valence-electron chi connectivity index (χ2n) is 7.99. The maximum absolute atomic E-state index is 11.4. The zero-order valence-electron chi connectivity index (χ0n) is 18.5. The van der Waals surface area contributed by atoms with Gasteiger partial charge in [-0.1, -0.05) is 90.5 Å². The molecule has 4 nitrogen and oxygen atoms in total. The average molecular weight is 460 g/mol. The van der Waals surface area contributed by atoms with Crippen LogP contribution in [0.1, 0.15) is 35.2 Å². The SMILES string of the molecule is CC(O)(C(=O)[O-])C(F)(F)F.Cc1ccc(CC([NH2+]Cc2ccccc2)c2ccccc2)cc1. The number of quaternary nitrogens is 1. The van der Waals surface area contributed by atoms with Crippen molar-refractivity contribution < 1.29 is 33.5 Å². The number of hydrogen-bond donors (Lipinski definition) is 2. The monoisotopic (exact) mass is 459 g/mol. The molecule has 33 heavy (non-hydrogen) atoms. The molecular formula is C26H28F3NO3. The highest BCUT2D eigenvalue weighted by molar-refractivity contribution is 5.75. The number of carbonyl (C=O) groups is 1. The molecule has 0 aliphatic carbocycles. The van der Waals surface area contributed by atoms with Gasteiger partial charge in [-0.25, -0.2) is 0 Å². The van der Waals surface area contributed by atoms with Crippen molar-refractivity contribution in [3.63, 3.8) is 0 Å². The molecule has 3 N–H and O–H groups in total. The first-order valence-corrected chi connectivity index (χ1v) is 10.5. The summed E-state index contributed by atoms with van der Waals surface area (Å²) in [6, 6.07) is 30.9. The lowest BCUT2D eigenvalue weighted by molar-refractivity contribution is -0.711. The number of carboxylic acid groups (broad SMARTS) is 1. The largest absolute Gasteiger partial charge is 0.547 e. The highest BCUT2D eigenvalue weighted by Gasteiger charge is 2.51. The minimum Gasteiger partial charge on any atom is -0.547 e. The van der Waals surface area contributed by atoms with E-state index in [-0.39, 0.29) is 6.92 Å². The number of nitrogens with two attached hydrogens (primary N) is 1. The van der Waals surface area contributed by atoms with Gasteiger partial charge in [0.25, 0.3) is 0 Å². The maximum Gasteiger partial charge on any atom is 0.422 e. The summed E-state index contributed by atoms with van der Waals surface area (Å²) < 4.78 is 34.2. The molecule has 0 amide bonds. The summed E-state index contributed by atoms with van der Waals surface area (Å²) in [6.07, 6.45) is -4.14. The van der Waals surface area contributed by atoms with E-state index < -0.39 is 17.7 Å². The number of aliphatic carboxylic acids is 1. The van der Waals surface area contributed by atoms with Crippen molar-refractivity contribution in [1.82, 2.24) is 0 Å². The van der Waals surface area contributed by atoms with Crippen LogP contribution in [-0.2, 0) is 17.8 Å². The van der Waals surface area contributed by atoms with Crippen molar-refractivity contribution in [3.8, 4) is 0 Å². The van der Waals surface area contributed by atoms with Crippen LogP contribution in [0.4, 0.5) is 13.2 Å². The molecule has 3 aromatic rings. The zero-order valence-corrected chi connectivity index (χ0v) is 18.5. The zero-order chi connectivity index (χ0) is 24.5. The molecule has 0 aliphatic heterocycles. The number of benzene rings is 3. The van der Waals surface area contributed by atoms with Gasteiger partial charge in [-0.05, 0) is 19.4 Å². The summed E-state index contributed by atoms with van der Waals surface area (Å²) in [7, 11) is 0. The number of halogens is 3. The molecule has 0 saturated carbocycles. The van der Waals surface area contributed by atoms with Gasteiger partial charge in [0.2, 0.25) is 0 Å². The van der Waals surface area contributed by atoms with Crippen LogP contribution in [0.25, 0.3) is 0 Å². The van der Waals surface area contributed by atoms with Gasteiger partial charge in [-0.2, -0.15) is 13.2 Å². The first-order chi connectivity index (χ1) is 15.5. The van der Waals surface area contributed by atoms with Crippen LogP contribution in [0, 0.1) is 6.92 Å². The molecule has 2 unspecified atom stereocenters. The smallest absolute Gasteiger partial charge is 0.422 e. The number of alkyl halides is 3. The van der Waals surface area contributed by atoms with Crippen LogP contribution < -0.4 is 10.4 Å². The van der Waals surface area contributed by atoms with E-state index in [4.69, 9.17) is 5.11 Å². The van der Waals surface area contributed by atoms with Crippen molar-refractivity contribution in [2.24, 2.45) is 0 Å². The predicted molar refractivity (Wildman–Crippen MR) is 118 cm³/mol. The van der Waals surface area contributed by atoms with Crippen molar-refractivity contribution in [2.45, 2.75) is 44.6 Å². The molecule has 7 heteroatoms. The van der Waals surface area contributed by atoms with E-state index in [9.17, 15) is 23.1 Å². The van der Waals surface area contributed by atoms with E-state index in [1.54, 1.807) is 0 Å². The Hall–Kier alpha value is -3.16. The fourth-order valence-electron chi connectivity index (χ4n) is 3.02. The van der Waals surface area contributed by atoms with Gasteiger partial charge >= 0.3 is 6.18 Å². The van der Waals surface area contributed by atoms with Crippen molar-refractivity contribution in [1.29, 1.82) is 0 Å². The molecule has 0 saturated heterocycles. The maximum atomic E-state index is 11.4. The van der Waals surface area contributed by atoms with E-state index in [1.165, 1.54) is 22.3 Å². The lowest BCUT2D eigenvalue weighted by Gasteiger charge is -2.26. The standard InChI is InChI=1S/C22H23N.C4H5F3O3/c1-18-12-14-19(15-13-18)16-22(21-10-6-3-7-11-21)23-17-20-8-4-2-5-9-20;1-3(10,2(8)9)4(5,6)7/h2-15,22-23H,16-17H2,1H3;10H,1H3,(H,8,9). The Bertz CT molecular complexity index is 989. The molecule has 3 rings (SSSR count). The fourth-order valence-corrected chi connectivity index (χ4v) is 3.02. The normalized spacial score (nSPS) is 13.9. The van der Waals surface area contributed by atoms with Crippen molar-refractivity contribution in [3.05, 3.63) is 107 Å². The van der Waals surface area contributed by atoms with Crippen molar-refractivity contribution in [2.75, 3.05) is 0 Å². The van der Waals surface area contributed by atoms with Crippen LogP contribution in [0.5, 0.6) is 0 Å². The molecule has 0 spiro atoms. The van der Waals surface area contributed by atoms with Crippen LogP contribution in [0.3, 0.4) is 0 Å². The molecule has 176 valence electrons. The average Bonchev–Trinajstić information content (AvgIpc) is 2.79. The topological polar surface area (TPSA) is 77.0 Å². The summed E-state index contributed by atoms with van der Waals surface area (Å²) in [4.78, 5) is 9.59. The summed E-state index contributed by atoms with van der Waals surface area (Å²) in [5.41, 5.74) is 1.72. The molecule has 0 radical (unpaired) electrons. The molecule has 2 atom stereocenters. The van der Waals surface area contributed by atoms with Crippen LogP contribution in [0.15, 0.2) is 84.9 Å². The number of carboxylic acids is 1. The Balaban J connectivity index is 0.000000328. The Morgan fingerprint density at radius 3 is 1.88 bits per heavy atom. The van der Waals surface area contributed by atoms with E-state index >= 15 is 0 Å². The Morgan fingerprint density at radius 1 is 0.909 bits per heavy atom. The molecule has 0 heterocycles. The summed E-state index contributed by atoms with van der Waals surface area (Å²) >= 11 is 0. The number of aliphatic hydroxyl groups is 1. The predicted octanol–water partition coefficient (Wildman–Crippen LogP) is 3.09. The molecule has 0 aliphatic rings. The van der Waals surface area contributed by atoms with Gasteiger partial charge < -0.3 is 20.3 Å². The van der Waals surface area contributed by atoms with Gasteiger partial charge in [0.1, 0.15) is 12.6 Å². The lowest BCUT2D eigenvalue weighted by Crippen LogP contribution is -2.84. The summed E-state index contributed by atoms with van der Waals surface area (Å²) in [6.45, 7) is 3.26. The van der Waals surface area contributed by atoms with Crippen molar-refractivity contribution >= 4 is 5.97 Å². The quantitative estimate of drug-likeness (QED) is 0.570. The van der Waals surface area contributed by atoms with E-state index in [1.807, 2.05) is 0 Å². The number of aryl methyl sites for hydroxylation is 1. The third kappa shape index (κ3) is 8.04. The highest BCUT2D eigenvalue weighted by Crippen LogP contribution is 2.29. The van der Waals surface area contributed by atoms with E-state index in [0.29, 0.717) is 6.04 Å². The number of hydrogen-bond acceptors (Lipinski definition) is 3. The third-order valence-electron chi connectivity index (χ3n) is 5.23. The Morgan fingerprint density at radius 2 is 1.42 bits per heavy atom. The Kier molecular flexibility index (Phi) is 9.20. The third-order valence-corrected chi connectivity index (χ3v) is 5.23. The molecular weight excluding hydrogens is 431 g/mol. The second kappa shape index (κ2) is 11.6. The van der Waals surface area contributed by atoms with E-state index in [0.717, 1.165) is 13.0 Å². The molecule has 0 bridgehead atoms. The fraction of sp³-hybridized carbons (Fsp3) is 0.269. The second-order valence-corrected chi connectivity index (χ2v) is 7.99. The number of carbonyl (C=O) groups excluding carboxylic acids is 1. The highest BCUT2D eigenvalue weighted by atomic mass is 19.4. The van der Waals surface area contributed by atoms with Gasteiger partial charge in [0.15, 0.2) is 5.60 Å². The molecule has 3 aromatic carbocycles. The first kappa shape index (κ1) is 26.1. The minimum atomic E-state index is -5.19. The molecule has 0 fully saturated rings. The summed E-state index contributed by atoms with van der Waals surface area (Å²) in [5.74, 6) is -2.56. The summed E-state index contributed by atoms with van der Waals surface area (Å²) in [5, 5.41) is 20.2. The first-order valence-electron chi connectivity index (χ1n) is 10.5. The number of rotatable bonds is 7. The minimum absolute atomic E-state index is 0.113. The van der Waals surface area contributed by atoms with Gasteiger partial charge in [-0.15, -0.1) is 0 Å². The van der Waals surface area contributed by atoms with Crippen LogP contribution in [-0.4, -0.2) is 22.9 Å². The molecule has 0 aromatic heterocycles. The van der Waals surface area contributed by atoms with Gasteiger partial charge in [0.05, 0.1) is 5.97 Å². The lowest BCUT2D eigenvalue weighted by atomic mass is 9.98. The van der Waals surface area contributed by atoms with Gasteiger partial charge in [0, 0.05) is 17.5 Å². The van der Waals surface area contributed by atoms with Gasteiger partial charge in [-0.3, -0.25) is 0 Å². The Labute approximate surface area is 191 Å². The van der Waals surface area contributed by atoms with Crippen LogP contribution >= 0.6 is 0 Å².